The van der Waals surface area contributed by atoms with E-state index in [4.69, 9.17) is 27.9 Å². The zero-order valence-corrected chi connectivity index (χ0v) is 11.6. The molecule has 0 aromatic heterocycles. The number of morpholine rings is 1. The highest BCUT2D eigenvalue weighted by Gasteiger charge is 2.17. The topological polar surface area (TPSA) is 70.6 Å². The van der Waals surface area contributed by atoms with Crippen molar-refractivity contribution >= 4 is 34.8 Å². The maximum atomic E-state index is 11.8. The van der Waals surface area contributed by atoms with Crippen LogP contribution in [0.15, 0.2) is 12.1 Å². The number of carbonyl (C=O) groups is 1. The fraction of sp³-hybridized carbons (Fsp3) is 0.417. The maximum absolute atomic E-state index is 11.8. The van der Waals surface area contributed by atoms with Crippen molar-refractivity contribution in [2.45, 2.75) is 12.5 Å². The van der Waals surface area contributed by atoms with E-state index >= 15 is 0 Å². The summed E-state index contributed by atoms with van der Waals surface area (Å²) in [7, 11) is 0. The molecule has 3 N–H and O–H groups in total. The van der Waals surface area contributed by atoms with Crippen molar-refractivity contribution in [2.24, 2.45) is 0 Å². The smallest absolute Gasteiger partial charge is 0.226 e. The van der Waals surface area contributed by atoms with Crippen molar-refractivity contribution < 1.29 is 14.6 Å². The van der Waals surface area contributed by atoms with Gasteiger partial charge in [0.15, 0.2) is 5.75 Å². The predicted molar refractivity (Wildman–Crippen MR) is 74.0 cm³/mol. The Kier molecular flexibility index (Phi) is 4.87. The van der Waals surface area contributed by atoms with E-state index in [-0.39, 0.29) is 27.7 Å². The molecule has 1 fully saturated rings. The Morgan fingerprint density at radius 2 is 2.16 bits per heavy atom. The number of hydrogen-bond donors (Lipinski definition) is 3. The molecule has 0 saturated carbocycles. The summed E-state index contributed by atoms with van der Waals surface area (Å²) in [5.41, 5.74) is 0.453. The first-order chi connectivity index (χ1) is 9.06. The summed E-state index contributed by atoms with van der Waals surface area (Å²) in [6.45, 7) is 1.93. The minimum Gasteiger partial charge on any atom is -0.505 e. The van der Waals surface area contributed by atoms with Crippen molar-refractivity contribution in [3.05, 3.63) is 22.2 Å². The number of rotatable bonds is 3. The molecule has 19 heavy (non-hydrogen) atoms. The number of halogens is 2. The molecule has 1 aromatic carbocycles. The first-order valence-electron chi connectivity index (χ1n) is 5.85. The fourth-order valence-corrected chi connectivity index (χ4v) is 2.31. The van der Waals surface area contributed by atoms with Crippen LogP contribution in [-0.2, 0) is 9.53 Å². The Labute approximate surface area is 120 Å². The van der Waals surface area contributed by atoms with E-state index in [1.807, 2.05) is 0 Å². The van der Waals surface area contributed by atoms with E-state index in [2.05, 4.69) is 10.6 Å². The number of hydrogen-bond acceptors (Lipinski definition) is 4. The number of aromatic hydroxyl groups is 1. The van der Waals surface area contributed by atoms with Crippen molar-refractivity contribution in [1.82, 2.24) is 5.32 Å². The molecule has 104 valence electrons. The lowest BCUT2D eigenvalue weighted by molar-refractivity contribution is -0.117. The third-order valence-electron chi connectivity index (χ3n) is 2.73. The Hall–Kier alpha value is -1.01. The average Bonchev–Trinajstić information content (AvgIpc) is 2.37. The van der Waals surface area contributed by atoms with E-state index in [9.17, 15) is 9.90 Å². The summed E-state index contributed by atoms with van der Waals surface area (Å²) in [4.78, 5) is 11.8. The SMILES string of the molecule is O=C(CC1COCCN1)Nc1cc(Cl)c(O)c(Cl)c1. The van der Waals surface area contributed by atoms with Crippen molar-refractivity contribution in [3.8, 4) is 5.75 Å². The molecule has 1 atom stereocenters. The lowest BCUT2D eigenvalue weighted by atomic mass is 10.2. The average molecular weight is 305 g/mol. The van der Waals surface area contributed by atoms with Gasteiger partial charge in [-0.1, -0.05) is 23.2 Å². The van der Waals surface area contributed by atoms with Gasteiger partial charge >= 0.3 is 0 Å². The van der Waals surface area contributed by atoms with Crippen molar-refractivity contribution in [2.75, 3.05) is 25.1 Å². The Balaban J connectivity index is 1.94. The molecule has 0 aliphatic carbocycles. The second-order valence-electron chi connectivity index (χ2n) is 4.27. The first-order valence-corrected chi connectivity index (χ1v) is 6.61. The monoisotopic (exact) mass is 304 g/mol. The van der Waals surface area contributed by atoms with Crippen LogP contribution >= 0.6 is 23.2 Å². The van der Waals surface area contributed by atoms with Crippen LogP contribution in [0.1, 0.15) is 6.42 Å². The summed E-state index contributed by atoms with van der Waals surface area (Å²) < 4.78 is 5.27. The summed E-state index contributed by atoms with van der Waals surface area (Å²) in [6.07, 6.45) is 0.302. The van der Waals surface area contributed by atoms with Crippen molar-refractivity contribution in [3.63, 3.8) is 0 Å². The molecule has 7 heteroatoms. The van der Waals surface area contributed by atoms with Gasteiger partial charge in [-0.25, -0.2) is 0 Å². The number of anilines is 1. The van der Waals surface area contributed by atoms with Gasteiger partial charge in [0, 0.05) is 24.7 Å². The van der Waals surface area contributed by atoms with Crippen molar-refractivity contribution in [1.29, 1.82) is 0 Å². The normalized spacial score (nSPS) is 19.2. The van der Waals surface area contributed by atoms with Crippen LogP contribution in [-0.4, -0.2) is 36.8 Å². The maximum Gasteiger partial charge on any atom is 0.226 e. The highest BCUT2D eigenvalue weighted by molar-refractivity contribution is 6.37. The Morgan fingerprint density at radius 3 is 2.74 bits per heavy atom. The molecule has 0 radical (unpaired) electrons. The molecule has 1 aliphatic heterocycles. The van der Waals surface area contributed by atoms with Crippen LogP contribution in [0, 0.1) is 0 Å². The zero-order chi connectivity index (χ0) is 13.8. The van der Waals surface area contributed by atoms with E-state index in [0.717, 1.165) is 6.54 Å². The van der Waals surface area contributed by atoms with Crippen LogP contribution in [0.4, 0.5) is 5.69 Å². The summed E-state index contributed by atoms with van der Waals surface area (Å²) >= 11 is 11.6. The number of benzene rings is 1. The third kappa shape index (κ3) is 3.98. The van der Waals surface area contributed by atoms with Gasteiger partial charge in [-0.15, -0.1) is 0 Å². The van der Waals surface area contributed by atoms with Gasteiger partial charge in [0.1, 0.15) is 0 Å². The number of phenols is 1. The number of carbonyl (C=O) groups excluding carboxylic acids is 1. The fourth-order valence-electron chi connectivity index (χ4n) is 1.82. The van der Waals surface area contributed by atoms with Gasteiger partial charge in [0.25, 0.3) is 0 Å². The lowest BCUT2D eigenvalue weighted by Gasteiger charge is -2.23. The summed E-state index contributed by atoms with van der Waals surface area (Å²) in [5, 5.41) is 15.5. The van der Waals surface area contributed by atoms with E-state index < -0.39 is 0 Å². The van der Waals surface area contributed by atoms with Gasteiger partial charge in [0.05, 0.1) is 23.3 Å². The molecule has 0 bridgehead atoms. The molecule has 1 saturated heterocycles. The van der Waals surface area contributed by atoms with Gasteiger partial charge in [-0.3, -0.25) is 4.79 Å². The molecular weight excluding hydrogens is 291 g/mol. The summed E-state index contributed by atoms with van der Waals surface area (Å²) in [5.74, 6) is -0.357. The molecule has 1 aliphatic rings. The molecule has 0 spiro atoms. The number of nitrogens with one attached hydrogen (secondary N) is 2. The highest BCUT2D eigenvalue weighted by atomic mass is 35.5. The lowest BCUT2D eigenvalue weighted by Crippen LogP contribution is -2.43. The first kappa shape index (κ1) is 14.4. The highest BCUT2D eigenvalue weighted by Crippen LogP contribution is 2.34. The second-order valence-corrected chi connectivity index (χ2v) is 5.08. The van der Waals surface area contributed by atoms with Crippen LogP contribution in [0.25, 0.3) is 0 Å². The van der Waals surface area contributed by atoms with Gasteiger partial charge < -0.3 is 20.5 Å². The molecule has 1 unspecified atom stereocenters. The molecule has 1 heterocycles. The third-order valence-corrected chi connectivity index (χ3v) is 3.31. The minimum absolute atomic E-state index is 0.0109. The molecular formula is C12H14Cl2N2O3. The predicted octanol–water partition coefficient (Wildman–Crippen LogP) is 2.02. The van der Waals surface area contributed by atoms with Crippen LogP contribution in [0.3, 0.4) is 0 Å². The largest absolute Gasteiger partial charge is 0.505 e. The van der Waals surface area contributed by atoms with E-state index in [1.54, 1.807) is 0 Å². The zero-order valence-electron chi connectivity index (χ0n) is 10.1. The summed E-state index contributed by atoms with van der Waals surface area (Å²) in [6, 6.07) is 2.91. The van der Waals surface area contributed by atoms with Gasteiger partial charge in [-0.05, 0) is 12.1 Å². The van der Waals surface area contributed by atoms with Crippen LogP contribution < -0.4 is 10.6 Å². The number of ether oxygens (including phenoxy) is 1. The second kappa shape index (κ2) is 6.43. The van der Waals surface area contributed by atoms with E-state index in [0.29, 0.717) is 25.3 Å². The van der Waals surface area contributed by atoms with Crippen LogP contribution in [0.5, 0.6) is 5.75 Å². The Morgan fingerprint density at radius 1 is 1.47 bits per heavy atom. The standard InChI is InChI=1S/C12H14Cl2N2O3/c13-9-3-7(4-10(14)12(9)18)16-11(17)5-8-6-19-2-1-15-8/h3-4,8,15,18H,1-2,5-6H2,(H,16,17). The molecule has 5 nitrogen and oxygen atoms in total. The number of amides is 1. The molecule has 1 aromatic rings. The number of phenolic OH excluding ortho intramolecular Hbond substituents is 1. The van der Waals surface area contributed by atoms with Gasteiger partial charge in [-0.2, -0.15) is 0 Å². The Bertz CT molecular complexity index is 453. The molecule has 1 amide bonds. The quantitative estimate of drug-likeness (QED) is 0.747. The van der Waals surface area contributed by atoms with Gasteiger partial charge in [0.2, 0.25) is 5.91 Å². The molecule has 2 rings (SSSR count). The minimum atomic E-state index is -0.191. The van der Waals surface area contributed by atoms with E-state index in [1.165, 1.54) is 12.1 Å². The van der Waals surface area contributed by atoms with Crippen LogP contribution in [0.2, 0.25) is 10.0 Å².